The van der Waals surface area contributed by atoms with Crippen molar-refractivity contribution in [3.05, 3.63) is 62.6 Å². The highest BCUT2D eigenvalue weighted by atomic mass is 32.1. The maximum absolute atomic E-state index is 13.0. The summed E-state index contributed by atoms with van der Waals surface area (Å²) in [5.74, 6) is 0.660. The molecule has 1 aliphatic rings. The third-order valence-corrected chi connectivity index (χ3v) is 5.79. The fraction of sp³-hybridized carbons (Fsp3) is 0.333. The number of pyridine rings is 1. The molecule has 0 bridgehead atoms. The first-order valence-corrected chi connectivity index (χ1v) is 10.1. The average Bonchev–Trinajstić information content (AvgIpc) is 3.41. The van der Waals surface area contributed by atoms with Crippen molar-refractivity contribution >= 4 is 28.1 Å². The summed E-state index contributed by atoms with van der Waals surface area (Å²) in [6.07, 6.45) is 1.20. The first-order valence-electron chi connectivity index (χ1n) is 9.27. The van der Waals surface area contributed by atoms with E-state index in [2.05, 4.69) is 4.98 Å². The Kier molecular flexibility index (Phi) is 5.45. The van der Waals surface area contributed by atoms with E-state index in [0.29, 0.717) is 18.7 Å². The molecule has 3 heterocycles. The first kappa shape index (κ1) is 18.7. The molecule has 0 saturated carbocycles. The van der Waals surface area contributed by atoms with Crippen molar-refractivity contribution in [1.29, 1.82) is 0 Å². The molecule has 1 amide bonds. The average molecular weight is 398 g/mol. The molecule has 1 unspecified atom stereocenters. The number of methoxy groups -OCH3 is 1. The molecule has 1 aromatic carbocycles. The minimum atomic E-state index is -0.417. The number of thiophene rings is 1. The minimum Gasteiger partial charge on any atom is -0.497 e. The van der Waals surface area contributed by atoms with Gasteiger partial charge in [0, 0.05) is 28.0 Å². The lowest BCUT2D eigenvalue weighted by molar-refractivity contribution is -0.142. The fourth-order valence-corrected chi connectivity index (χ4v) is 4.18. The quantitative estimate of drug-likeness (QED) is 0.692. The third-order valence-electron chi connectivity index (χ3n) is 4.93. The van der Waals surface area contributed by atoms with Crippen LogP contribution in [0.15, 0.2) is 46.6 Å². The second kappa shape index (κ2) is 8.16. The molecule has 3 aromatic rings. The lowest BCUT2D eigenvalue weighted by atomic mass is 10.1. The second-order valence-corrected chi connectivity index (χ2v) is 7.88. The summed E-state index contributed by atoms with van der Waals surface area (Å²) in [5, 5.41) is 2.86. The van der Waals surface area contributed by atoms with Crippen molar-refractivity contribution in [2.45, 2.75) is 32.0 Å². The number of rotatable bonds is 6. The molecule has 1 fully saturated rings. The standard InChI is InChI=1S/C21H22N2O4S/c1-26-16-6-7-18-14(11-16)10-15(20(24)22-18)12-23(13-17-4-3-9-28-17)21(25)19-5-2-8-27-19/h3-4,6-7,9-11,19H,2,5,8,12-13H2,1H3,(H,22,24). The number of fused-ring (bicyclic) bond motifs is 1. The van der Waals surface area contributed by atoms with Crippen LogP contribution in [0.3, 0.4) is 0 Å². The normalized spacial score (nSPS) is 16.4. The Bertz CT molecular complexity index is 1020. The number of hydrogen-bond donors (Lipinski definition) is 1. The Labute approximate surface area is 166 Å². The van der Waals surface area contributed by atoms with Gasteiger partial charge in [0.1, 0.15) is 11.9 Å². The number of hydrogen-bond acceptors (Lipinski definition) is 5. The number of H-pyrrole nitrogens is 1. The third kappa shape index (κ3) is 3.95. The van der Waals surface area contributed by atoms with Gasteiger partial charge in [0.2, 0.25) is 0 Å². The van der Waals surface area contributed by atoms with E-state index in [9.17, 15) is 9.59 Å². The van der Waals surface area contributed by atoms with Gasteiger partial charge in [0.05, 0.1) is 20.2 Å². The predicted molar refractivity (Wildman–Crippen MR) is 109 cm³/mol. The SMILES string of the molecule is COc1ccc2[nH]c(=O)c(CN(Cc3cccs3)C(=O)C3CCCO3)cc2c1. The maximum atomic E-state index is 13.0. The van der Waals surface area contributed by atoms with Gasteiger partial charge in [0.15, 0.2) is 0 Å². The molecule has 2 aromatic heterocycles. The van der Waals surface area contributed by atoms with Gasteiger partial charge < -0.3 is 19.4 Å². The zero-order valence-corrected chi connectivity index (χ0v) is 16.5. The Hall–Kier alpha value is -2.64. The van der Waals surface area contributed by atoms with Gasteiger partial charge in [-0.3, -0.25) is 9.59 Å². The van der Waals surface area contributed by atoms with E-state index in [-0.39, 0.29) is 18.0 Å². The highest BCUT2D eigenvalue weighted by molar-refractivity contribution is 7.09. The minimum absolute atomic E-state index is 0.0592. The van der Waals surface area contributed by atoms with Crippen LogP contribution in [0.1, 0.15) is 23.3 Å². The molecule has 4 rings (SSSR count). The molecular formula is C21H22N2O4S. The number of amides is 1. The summed E-state index contributed by atoms with van der Waals surface area (Å²) in [6.45, 7) is 1.31. The lowest BCUT2D eigenvalue weighted by Gasteiger charge is -2.25. The number of benzene rings is 1. The predicted octanol–water partition coefficient (Wildman–Crippen LogP) is 3.31. The summed E-state index contributed by atoms with van der Waals surface area (Å²) in [4.78, 5) is 31.3. The largest absolute Gasteiger partial charge is 0.497 e. The van der Waals surface area contributed by atoms with Crippen molar-refractivity contribution in [3.63, 3.8) is 0 Å². The van der Waals surface area contributed by atoms with Gasteiger partial charge in [-0.25, -0.2) is 0 Å². The topological polar surface area (TPSA) is 71.6 Å². The number of carbonyl (C=O) groups is 1. The Balaban J connectivity index is 1.65. The summed E-state index contributed by atoms with van der Waals surface area (Å²) in [6, 6.07) is 11.3. The molecule has 1 aliphatic heterocycles. The van der Waals surface area contributed by atoms with Crippen molar-refractivity contribution < 1.29 is 14.3 Å². The molecule has 1 atom stereocenters. The van der Waals surface area contributed by atoms with E-state index < -0.39 is 6.10 Å². The molecule has 146 valence electrons. The van der Waals surface area contributed by atoms with E-state index in [1.165, 1.54) is 0 Å². The molecule has 6 nitrogen and oxygen atoms in total. The van der Waals surface area contributed by atoms with Crippen LogP contribution in [0.4, 0.5) is 0 Å². The number of aromatic nitrogens is 1. The summed E-state index contributed by atoms with van der Waals surface area (Å²) < 4.78 is 10.9. The van der Waals surface area contributed by atoms with Crippen LogP contribution < -0.4 is 10.3 Å². The monoisotopic (exact) mass is 398 g/mol. The summed E-state index contributed by atoms with van der Waals surface area (Å²) in [7, 11) is 1.61. The number of aromatic amines is 1. The first-order chi connectivity index (χ1) is 13.6. The number of ether oxygens (including phenoxy) is 2. The molecule has 1 N–H and O–H groups in total. The Morgan fingerprint density at radius 1 is 1.32 bits per heavy atom. The molecule has 0 spiro atoms. The van der Waals surface area contributed by atoms with Gasteiger partial charge in [-0.2, -0.15) is 0 Å². The van der Waals surface area contributed by atoms with Crippen molar-refractivity contribution in [2.24, 2.45) is 0 Å². The van der Waals surface area contributed by atoms with Crippen molar-refractivity contribution in [2.75, 3.05) is 13.7 Å². The van der Waals surface area contributed by atoms with E-state index in [0.717, 1.165) is 34.4 Å². The number of nitrogens with zero attached hydrogens (tertiary/aromatic N) is 1. The maximum Gasteiger partial charge on any atom is 0.253 e. The van der Waals surface area contributed by atoms with Gasteiger partial charge in [-0.15, -0.1) is 11.3 Å². The van der Waals surface area contributed by atoms with Gasteiger partial charge >= 0.3 is 0 Å². The number of carbonyl (C=O) groups excluding carboxylic acids is 1. The molecule has 7 heteroatoms. The van der Waals surface area contributed by atoms with Gasteiger partial charge in [-0.05, 0) is 48.6 Å². The second-order valence-electron chi connectivity index (χ2n) is 6.85. The highest BCUT2D eigenvalue weighted by Crippen LogP contribution is 2.22. The van der Waals surface area contributed by atoms with E-state index in [1.807, 2.05) is 41.8 Å². The van der Waals surface area contributed by atoms with Crippen LogP contribution in [-0.4, -0.2) is 35.6 Å². The molecule has 28 heavy (non-hydrogen) atoms. The van der Waals surface area contributed by atoms with Crippen LogP contribution in [0, 0.1) is 0 Å². The smallest absolute Gasteiger partial charge is 0.253 e. The van der Waals surface area contributed by atoms with Crippen molar-refractivity contribution in [3.8, 4) is 5.75 Å². The molecular weight excluding hydrogens is 376 g/mol. The van der Waals surface area contributed by atoms with Crippen LogP contribution >= 0.6 is 11.3 Å². The zero-order valence-electron chi connectivity index (χ0n) is 15.6. The van der Waals surface area contributed by atoms with Crippen molar-refractivity contribution in [1.82, 2.24) is 9.88 Å². The fourth-order valence-electron chi connectivity index (χ4n) is 3.46. The Morgan fingerprint density at radius 3 is 2.93 bits per heavy atom. The van der Waals surface area contributed by atoms with Crippen LogP contribution in [0.5, 0.6) is 5.75 Å². The van der Waals surface area contributed by atoms with Crippen LogP contribution in [0.25, 0.3) is 10.9 Å². The molecule has 1 saturated heterocycles. The van der Waals surface area contributed by atoms with Crippen LogP contribution in [-0.2, 0) is 22.6 Å². The summed E-state index contributed by atoms with van der Waals surface area (Å²) >= 11 is 1.60. The van der Waals surface area contributed by atoms with E-state index >= 15 is 0 Å². The summed E-state index contributed by atoms with van der Waals surface area (Å²) in [5.41, 5.74) is 1.10. The van der Waals surface area contributed by atoms with Gasteiger partial charge in [0.25, 0.3) is 11.5 Å². The number of nitrogens with one attached hydrogen (secondary N) is 1. The van der Waals surface area contributed by atoms with E-state index in [1.54, 1.807) is 23.3 Å². The van der Waals surface area contributed by atoms with Crippen LogP contribution in [0.2, 0.25) is 0 Å². The molecule has 0 radical (unpaired) electrons. The van der Waals surface area contributed by atoms with E-state index in [4.69, 9.17) is 9.47 Å². The highest BCUT2D eigenvalue weighted by Gasteiger charge is 2.29. The molecule has 0 aliphatic carbocycles. The zero-order chi connectivity index (χ0) is 19.5. The van der Waals surface area contributed by atoms with Gasteiger partial charge in [-0.1, -0.05) is 6.07 Å². The Morgan fingerprint density at radius 2 is 2.21 bits per heavy atom. The lowest BCUT2D eigenvalue weighted by Crippen LogP contribution is -2.39.